The van der Waals surface area contributed by atoms with Crippen molar-refractivity contribution in [3.05, 3.63) is 50.6 Å². The van der Waals surface area contributed by atoms with E-state index in [0.717, 1.165) is 0 Å². The van der Waals surface area contributed by atoms with Gasteiger partial charge in [0, 0.05) is 30.9 Å². The van der Waals surface area contributed by atoms with Crippen molar-refractivity contribution in [3.8, 4) is 0 Å². The minimum atomic E-state index is -1.20. The van der Waals surface area contributed by atoms with Crippen LogP contribution in [0.15, 0.2) is 32.6 Å². The summed E-state index contributed by atoms with van der Waals surface area (Å²) < 4.78 is 5.96. The Hall–Kier alpha value is -2.68. The van der Waals surface area contributed by atoms with Crippen molar-refractivity contribution in [1.82, 2.24) is 19.6 Å². The number of aromatic nitrogens is 3. The number of carbonyl (C=O) groups excluding carboxylic acids is 1. The van der Waals surface area contributed by atoms with Crippen LogP contribution in [0.2, 0.25) is 0 Å². The van der Waals surface area contributed by atoms with E-state index in [1.54, 1.807) is 13.8 Å². The van der Waals surface area contributed by atoms with Gasteiger partial charge in [0.2, 0.25) is 0 Å². The predicted octanol–water partition coefficient (Wildman–Crippen LogP) is -0.329. The Kier molecular flexibility index (Phi) is 3.88. The van der Waals surface area contributed by atoms with Gasteiger partial charge in [-0.25, -0.2) is 4.79 Å². The minimum absolute atomic E-state index is 0.115. The average molecular weight is 334 g/mol. The lowest BCUT2D eigenvalue weighted by molar-refractivity contribution is -0.0461. The SMILES string of the molecule is Cc1cn([C@@H]2CN(C(=O)c3ccon3)CC[C@@]2(C)O)c(=O)[nH]c1=O. The maximum absolute atomic E-state index is 12.4. The van der Waals surface area contributed by atoms with E-state index in [1.807, 2.05) is 0 Å². The molecule has 1 saturated heterocycles. The first-order chi connectivity index (χ1) is 11.3. The van der Waals surface area contributed by atoms with E-state index in [4.69, 9.17) is 0 Å². The summed E-state index contributed by atoms with van der Waals surface area (Å²) >= 11 is 0. The standard InChI is InChI=1S/C15H18N4O5/c1-9-7-19(14(22)16-12(9)20)11-8-18(5-4-15(11,2)23)13(21)10-3-6-24-17-10/h3,6-7,11,23H,4-5,8H2,1-2H3,(H,16,20,22)/t11-,15-/m1/s1. The van der Waals surface area contributed by atoms with Gasteiger partial charge in [0.1, 0.15) is 6.26 Å². The van der Waals surface area contributed by atoms with Crippen LogP contribution in [0.1, 0.15) is 35.4 Å². The number of aryl methyl sites for hydroxylation is 1. The minimum Gasteiger partial charge on any atom is -0.388 e. The molecule has 9 heteroatoms. The second-order valence-electron chi connectivity index (χ2n) is 6.24. The molecule has 0 unspecified atom stereocenters. The number of H-pyrrole nitrogens is 1. The summed E-state index contributed by atoms with van der Waals surface area (Å²) in [6.07, 6.45) is 3.00. The van der Waals surface area contributed by atoms with Gasteiger partial charge in [0.05, 0.1) is 11.6 Å². The molecule has 0 radical (unpaired) electrons. The van der Waals surface area contributed by atoms with Gasteiger partial charge < -0.3 is 14.5 Å². The smallest absolute Gasteiger partial charge is 0.328 e. The summed E-state index contributed by atoms with van der Waals surface area (Å²) in [6.45, 7) is 3.63. The summed E-state index contributed by atoms with van der Waals surface area (Å²) in [7, 11) is 0. The van der Waals surface area contributed by atoms with Crippen molar-refractivity contribution in [2.24, 2.45) is 0 Å². The fourth-order valence-electron chi connectivity index (χ4n) is 2.90. The topological polar surface area (TPSA) is 121 Å². The second-order valence-corrected chi connectivity index (χ2v) is 6.24. The number of hydrogen-bond acceptors (Lipinski definition) is 6. The zero-order chi connectivity index (χ0) is 17.5. The molecule has 1 aliphatic rings. The summed E-state index contributed by atoms with van der Waals surface area (Å²) in [5, 5.41) is 14.3. The van der Waals surface area contributed by atoms with E-state index in [1.165, 1.54) is 28.0 Å². The van der Waals surface area contributed by atoms with Crippen molar-refractivity contribution in [2.75, 3.05) is 13.1 Å². The highest BCUT2D eigenvalue weighted by Crippen LogP contribution is 2.31. The number of aromatic amines is 1. The average Bonchev–Trinajstić information content (AvgIpc) is 3.05. The molecule has 2 N–H and O–H groups in total. The molecule has 3 heterocycles. The normalized spacial score (nSPS) is 24.1. The van der Waals surface area contributed by atoms with Gasteiger partial charge in [-0.1, -0.05) is 5.16 Å². The van der Waals surface area contributed by atoms with Gasteiger partial charge in [-0.3, -0.25) is 19.1 Å². The van der Waals surface area contributed by atoms with E-state index in [2.05, 4.69) is 14.7 Å². The Morgan fingerprint density at radius 1 is 1.50 bits per heavy atom. The van der Waals surface area contributed by atoms with Gasteiger partial charge >= 0.3 is 5.69 Å². The number of likely N-dealkylation sites (tertiary alicyclic amines) is 1. The molecule has 0 bridgehead atoms. The molecule has 1 aliphatic heterocycles. The van der Waals surface area contributed by atoms with Crippen LogP contribution >= 0.6 is 0 Å². The highest BCUT2D eigenvalue weighted by atomic mass is 16.5. The lowest BCUT2D eigenvalue weighted by Gasteiger charge is -2.43. The molecule has 0 saturated carbocycles. The molecular formula is C15H18N4O5. The number of nitrogens with zero attached hydrogens (tertiary/aromatic N) is 3. The van der Waals surface area contributed by atoms with Crippen molar-refractivity contribution >= 4 is 5.91 Å². The Morgan fingerprint density at radius 2 is 2.25 bits per heavy atom. The third-order valence-electron chi connectivity index (χ3n) is 4.42. The van der Waals surface area contributed by atoms with Crippen molar-refractivity contribution in [3.63, 3.8) is 0 Å². The fourth-order valence-corrected chi connectivity index (χ4v) is 2.90. The first-order valence-corrected chi connectivity index (χ1v) is 7.54. The molecule has 0 aliphatic carbocycles. The Bertz CT molecular complexity index is 865. The molecule has 1 amide bonds. The molecule has 9 nitrogen and oxygen atoms in total. The molecule has 2 aromatic rings. The maximum atomic E-state index is 12.4. The Morgan fingerprint density at radius 3 is 2.92 bits per heavy atom. The largest absolute Gasteiger partial charge is 0.388 e. The molecule has 128 valence electrons. The van der Waals surface area contributed by atoms with Gasteiger partial charge in [-0.2, -0.15) is 0 Å². The quantitative estimate of drug-likeness (QED) is 0.776. The van der Waals surface area contributed by atoms with Gasteiger partial charge in [0.15, 0.2) is 5.69 Å². The molecule has 2 atom stereocenters. The predicted molar refractivity (Wildman–Crippen MR) is 82.7 cm³/mol. The van der Waals surface area contributed by atoms with Crippen LogP contribution < -0.4 is 11.2 Å². The van der Waals surface area contributed by atoms with E-state index in [-0.39, 0.29) is 24.6 Å². The highest BCUT2D eigenvalue weighted by Gasteiger charge is 2.41. The molecule has 1 fully saturated rings. The maximum Gasteiger partial charge on any atom is 0.328 e. The van der Waals surface area contributed by atoms with Gasteiger partial charge in [0.25, 0.3) is 11.5 Å². The first kappa shape index (κ1) is 16.2. The number of nitrogens with one attached hydrogen (secondary N) is 1. The van der Waals surface area contributed by atoms with Crippen LogP contribution in [0.4, 0.5) is 0 Å². The van der Waals surface area contributed by atoms with Crippen molar-refractivity contribution < 1.29 is 14.4 Å². The van der Waals surface area contributed by atoms with Crippen LogP contribution in [0, 0.1) is 6.92 Å². The van der Waals surface area contributed by atoms with Crippen molar-refractivity contribution in [1.29, 1.82) is 0 Å². The molecular weight excluding hydrogens is 316 g/mol. The van der Waals surface area contributed by atoms with E-state index >= 15 is 0 Å². The monoisotopic (exact) mass is 334 g/mol. The van der Waals surface area contributed by atoms with Crippen LogP contribution in [0.3, 0.4) is 0 Å². The highest BCUT2D eigenvalue weighted by molar-refractivity contribution is 5.92. The zero-order valence-electron chi connectivity index (χ0n) is 13.4. The molecule has 3 rings (SSSR count). The Balaban J connectivity index is 1.96. The van der Waals surface area contributed by atoms with Gasteiger partial charge in [-0.05, 0) is 20.3 Å². The second kappa shape index (κ2) is 5.75. The molecule has 0 aromatic carbocycles. The number of carbonyl (C=O) groups is 1. The lowest BCUT2D eigenvalue weighted by Crippen LogP contribution is -2.55. The summed E-state index contributed by atoms with van der Waals surface area (Å²) in [6, 6.07) is 0.769. The first-order valence-electron chi connectivity index (χ1n) is 7.54. The van der Waals surface area contributed by atoms with E-state index in [9.17, 15) is 19.5 Å². The van der Waals surface area contributed by atoms with E-state index < -0.39 is 22.9 Å². The summed E-state index contributed by atoms with van der Waals surface area (Å²) in [4.78, 5) is 39.9. The van der Waals surface area contributed by atoms with Crippen LogP contribution in [0.25, 0.3) is 0 Å². The van der Waals surface area contributed by atoms with Crippen LogP contribution in [0.5, 0.6) is 0 Å². The number of rotatable bonds is 2. The lowest BCUT2D eigenvalue weighted by atomic mass is 9.88. The fraction of sp³-hybridized carbons (Fsp3) is 0.467. The van der Waals surface area contributed by atoms with Gasteiger partial charge in [-0.15, -0.1) is 0 Å². The third kappa shape index (κ3) is 2.78. The van der Waals surface area contributed by atoms with Crippen LogP contribution in [-0.2, 0) is 0 Å². The van der Waals surface area contributed by atoms with E-state index in [0.29, 0.717) is 12.1 Å². The number of aliphatic hydroxyl groups is 1. The zero-order valence-corrected chi connectivity index (χ0v) is 13.4. The number of piperidine rings is 1. The summed E-state index contributed by atoms with van der Waals surface area (Å²) in [5.41, 5.74) is -1.77. The number of hydrogen-bond donors (Lipinski definition) is 2. The van der Waals surface area contributed by atoms with Crippen LogP contribution in [-0.4, -0.2) is 49.3 Å². The molecule has 0 spiro atoms. The summed E-state index contributed by atoms with van der Waals surface area (Å²) in [5.74, 6) is -0.335. The van der Waals surface area contributed by atoms with Crippen molar-refractivity contribution in [2.45, 2.75) is 31.9 Å². The Labute approximate surface area is 136 Å². The molecule has 24 heavy (non-hydrogen) atoms. The molecule has 2 aromatic heterocycles. The number of amides is 1. The third-order valence-corrected chi connectivity index (χ3v) is 4.42.